The molecule has 1 aromatic heterocycles. The van der Waals surface area contributed by atoms with Gasteiger partial charge in [0.1, 0.15) is 4.21 Å². The normalized spacial score (nSPS) is 15.6. The first kappa shape index (κ1) is 16.1. The van der Waals surface area contributed by atoms with Gasteiger partial charge in [0, 0.05) is 26.7 Å². The molecule has 0 saturated carbocycles. The Labute approximate surface area is 119 Å². The summed E-state index contributed by atoms with van der Waals surface area (Å²) in [5.41, 5.74) is -1.13. The fourth-order valence-electron chi connectivity index (χ4n) is 1.17. The first-order chi connectivity index (χ1) is 8.27. The lowest BCUT2D eigenvalue weighted by molar-refractivity contribution is 0.0292. The van der Waals surface area contributed by atoms with Gasteiger partial charge in [0.15, 0.2) is 0 Å². The van der Waals surface area contributed by atoms with Crippen molar-refractivity contribution in [1.29, 1.82) is 0 Å². The lowest BCUT2D eigenvalue weighted by atomic mass is 10.0. The quantitative estimate of drug-likeness (QED) is 0.776. The van der Waals surface area contributed by atoms with Crippen molar-refractivity contribution in [3.05, 3.63) is 15.9 Å². The summed E-state index contributed by atoms with van der Waals surface area (Å²) in [5.74, 6) is 0. The average Bonchev–Trinajstić information content (AvgIpc) is 2.72. The van der Waals surface area contributed by atoms with Crippen LogP contribution in [-0.2, 0) is 14.8 Å². The molecule has 1 rings (SSSR count). The summed E-state index contributed by atoms with van der Waals surface area (Å²) < 4.78 is 32.0. The van der Waals surface area contributed by atoms with Crippen molar-refractivity contribution in [3.8, 4) is 0 Å². The predicted octanol–water partition coefficient (Wildman–Crippen LogP) is 1.58. The van der Waals surface area contributed by atoms with Crippen LogP contribution in [0.15, 0.2) is 20.1 Å². The predicted molar refractivity (Wildman–Crippen MR) is 74.3 cm³/mol. The first-order valence-corrected chi connectivity index (χ1v) is 8.32. The summed E-state index contributed by atoms with van der Waals surface area (Å²) in [7, 11) is -2.03. The van der Waals surface area contributed by atoms with Gasteiger partial charge in [-0.15, -0.1) is 11.3 Å². The first-order valence-electron chi connectivity index (χ1n) is 5.23. The highest BCUT2D eigenvalue weighted by Crippen LogP contribution is 2.26. The Kier molecular flexibility index (Phi) is 5.75. The summed E-state index contributed by atoms with van der Waals surface area (Å²) in [5, 5.41) is 9.95. The molecule has 5 nitrogen and oxygen atoms in total. The molecular weight excluding hydrogens is 342 g/mol. The van der Waals surface area contributed by atoms with E-state index < -0.39 is 15.6 Å². The van der Waals surface area contributed by atoms with Crippen LogP contribution in [-0.4, -0.2) is 39.4 Å². The summed E-state index contributed by atoms with van der Waals surface area (Å²) >= 11 is 4.33. The van der Waals surface area contributed by atoms with Crippen LogP contribution in [0.25, 0.3) is 0 Å². The molecule has 1 aromatic rings. The Balaban J connectivity index is 2.62. The molecule has 0 aliphatic heterocycles. The lowest BCUT2D eigenvalue weighted by Crippen LogP contribution is -2.41. The molecule has 0 aliphatic rings. The molecule has 0 fully saturated rings. The second kappa shape index (κ2) is 6.44. The fourth-order valence-corrected chi connectivity index (χ4v) is 4.39. The molecule has 1 unspecified atom stereocenters. The highest BCUT2D eigenvalue weighted by Gasteiger charge is 2.24. The van der Waals surface area contributed by atoms with Crippen molar-refractivity contribution in [2.24, 2.45) is 0 Å². The molecule has 2 N–H and O–H groups in total. The van der Waals surface area contributed by atoms with Crippen molar-refractivity contribution < 1.29 is 18.3 Å². The lowest BCUT2D eigenvalue weighted by Gasteiger charge is -2.22. The summed E-state index contributed by atoms with van der Waals surface area (Å²) in [6.07, 6.45) is 0.361. The highest BCUT2D eigenvalue weighted by atomic mass is 79.9. The molecule has 0 radical (unpaired) electrons. The van der Waals surface area contributed by atoms with Crippen LogP contribution in [0.2, 0.25) is 0 Å². The number of thiophene rings is 1. The maximum atomic E-state index is 11.9. The maximum absolute atomic E-state index is 11.9. The zero-order valence-corrected chi connectivity index (χ0v) is 13.4. The van der Waals surface area contributed by atoms with E-state index >= 15 is 0 Å². The topological polar surface area (TPSA) is 75.6 Å². The van der Waals surface area contributed by atoms with Gasteiger partial charge in [-0.2, -0.15) is 0 Å². The molecule has 104 valence electrons. The second-order valence-corrected chi connectivity index (χ2v) is 8.58. The van der Waals surface area contributed by atoms with Crippen molar-refractivity contribution in [2.45, 2.75) is 23.2 Å². The molecule has 0 bridgehead atoms. The molecule has 0 spiro atoms. The minimum atomic E-state index is -3.56. The maximum Gasteiger partial charge on any atom is 0.250 e. The minimum absolute atomic E-state index is 0.0474. The van der Waals surface area contributed by atoms with Crippen LogP contribution in [0, 0.1) is 0 Å². The molecular formula is C10H16BrNO4S2. The largest absolute Gasteiger partial charge is 0.389 e. The van der Waals surface area contributed by atoms with E-state index in [9.17, 15) is 13.5 Å². The van der Waals surface area contributed by atoms with Crippen molar-refractivity contribution in [1.82, 2.24) is 4.72 Å². The molecule has 0 saturated heterocycles. The Morgan fingerprint density at radius 2 is 2.22 bits per heavy atom. The molecule has 8 heteroatoms. The third-order valence-corrected chi connectivity index (χ3v) is 5.82. The number of ether oxygens (including phenoxy) is 1. The minimum Gasteiger partial charge on any atom is -0.389 e. The third kappa shape index (κ3) is 4.94. The second-order valence-electron chi connectivity index (χ2n) is 4.12. The smallest absolute Gasteiger partial charge is 0.250 e. The number of hydrogen-bond acceptors (Lipinski definition) is 5. The van der Waals surface area contributed by atoms with E-state index in [0.717, 1.165) is 15.1 Å². The number of nitrogens with one attached hydrogen (secondary N) is 1. The van der Waals surface area contributed by atoms with Crippen molar-refractivity contribution in [2.75, 3.05) is 20.3 Å². The van der Waals surface area contributed by atoms with Crippen molar-refractivity contribution in [3.63, 3.8) is 0 Å². The van der Waals surface area contributed by atoms with Crippen LogP contribution in [0.4, 0.5) is 0 Å². The fraction of sp³-hybridized carbons (Fsp3) is 0.600. The van der Waals surface area contributed by atoms with Gasteiger partial charge < -0.3 is 9.84 Å². The van der Waals surface area contributed by atoms with E-state index in [0.29, 0.717) is 13.0 Å². The Bertz CT molecular complexity index is 484. The molecule has 1 atom stereocenters. The number of methoxy groups -OCH3 is 1. The number of sulfonamides is 1. The average molecular weight is 358 g/mol. The molecule has 0 aromatic carbocycles. The standard InChI is InChI=1S/C10H16BrNO4S2/c1-10(13,5-6-16-2)7-12-18(14,15)9-4-3-8(11)17-9/h3-4,12-13H,5-7H2,1-2H3. The van der Waals surface area contributed by atoms with Crippen LogP contribution < -0.4 is 4.72 Å². The van der Waals surface area contributed by atoms with Crippen LogP contribution >= 0.6 is 27.3 Å². The van der Waals surface area contributed by atoms with Gasteiger partial charge in [-0.05, 0) is 35.0 Å². The van der Waals surface area contributed by atoms with Gasteiger partial charge in [0.2, 0.25) is 10.0 Å². The molecule has 18 heavy (non-hydrogen) atoms. The Morgan fingerprint density at radius 1 is 1.56 bits per heavy atom. The zero-order valence-electron chi connectivity index (χ0n) is 10.1. The monoisotopic (exact) mass is 357 g/mol. The molecule has 0 aliphatic carbocycles. The van der Waals surface area contributed by atoms with Crippen LogP contribution in [0.5, 0.6) is 0 Å². The summed E-state index contributed by atoms with van der Waals surface area (Å²) in [6.45, 7) is 1.90. The Hall–Kier alpha value is 0.01000. The van der Waals surface area contributed by atoms with Gasteiger partial charge in [-0.25, -0.2) is 13.1 Å². The number of halogens is 1. The van der Waals surface area contributed by atoms with E-state index in [1.807, 2.05) is 0 Å². The van der Waals surface area contributed by atoms with Crippen LogP contribution in [0.1, 0.15) is 13.3 Å². The summed E-state index contributed by atoms with van der Waals surface area (Å²) in [4.78, 5) is 0. The third-order valence-electron chi connectivity index (χ3n) is 2.30. The number of hydrogen-bond donors (Lipinski definition) is 2. The zero-order chi connectivity index (χ0) is 13.8. The van der Waals surface area contributed by atoms with Gasteiger partial charge in [-0.3, -0.25) is 0 Å². The van der Waals surface area contributed by atoms with Gasteiger partial charge in [-0.1, -0.05) is 0 Å². The SMILES string of the molecule is COCCC(C)(O)CNS(=O)(=O)c1ccc(Br)s1. The van der Waals surface area contributed by atoms with E-state index in [4.69, 9.17) is 4.74 Å². The van der Waals surface area contributed by atoms with Gasteiger partial charge in [0.05, 0.1) is 9.39 Å². The van der Waals surface area contributed by atoms with Gasteiger partial charge in [0.25, 0.3) is 0 Å². The van der Waals surface area contributed by atoms with E-state index in [-0.39, 0.29) is 10.8 Å². The Morgan fingerprint density at radius 3 is 2.72 bits per heavy atom. The van der Waals surface area contributed by atoms with Crippen molar-refractivity contribution >= 4 is 37.3 Å². The summed E-state index contributed by atoms with van der Waals surface area (Å²) in [6, 6.07) is 3.18. The van der Waals surface area contributed by atoms with E-state index in [1.165, 1.54) is 13.2 Å². The van der Waals surface area contributed by atoms with E-state index in [1.54, 1.807) is 13.0 Å². The molecule has 0 amide bonds. The van der Waals surface area contributed by atoms with Gasteiger partial charge >= 0.3 is 0 Å². The highest BCUT2D eigenvalue weighted by molar-refractivity contribution is 9.11. The van der Waals surface area contributed by atoms with Crippen LogP contribution in [0.3, 0.4) is 0 Å². The number of rotatable bonds is 7. The molecule has 1 heterocycles. The number of aliphatic hydroxyl groups is 1. The van der Waals surface area contributed by atoms with E-state index in [2.05, 4.69) is 20.7 Å².